The van der Waals surface area contributed by atoms with Gasteiger partial charge < -0.3 is 4.90 Å². The number of amides is 1. The van der Waals surface area contributed by atoms with Crippen molar-refractivity contribution < 1.29 is 4.79 Å². The van der Waals surface area contributed by atoms with Crippen LogP contribution in [-0.2, 0) is 4.79 Å². The van der Waals surface area contributed by atoms with Crippen molar-refractivity contribution >= 4 is 5.91 Å². The van der Waals surface area contributed by atoms with Gasteiger partial charge in [0.05, 0.1) is 0 Å². The monoisotopic (exact) mass is 183 g/mol. The van der Waals surface area contributed by atoms with Gasteiger partial charge in [-0.3, -0.25) is 4.79 Å². The third-order valence-electron chi connectivity index (χ3n) is 2.71. The average Bonchev–Trinajstić information content (AvgIpc) is 2.74. The smallest absolute Gasteiger partial charge is 0.246 e. The van der Waals surface area contributed by atoms with E-state index in [-0.39, 0.29) is 0 Å². The summed E-state index contributed by atoms with van der Waals surface area (Å²) in [6.45, 7) is 5.37. The first-order valence-corrected chi connectivity index (χ1v) is 5.61. The minimum absolute atomic E-state index is 0.303. The summed E-state index contributed by atoms with van der Waals surface area (Å²) >= 11 is 0. The Morgan fingerprint density at radius 3 is 2.46 bits per heavy atom. The Morgan fingerprint density at radius 1 is 1.15 bits per heavy atom. The third kappa shape index (κ3) is 3.02. The summed E-state index contributed by atoms with van der Waals surface area (Å²) in [4.78, 5) is 13.3. The second-order valence-electron chi connectivity index (χ2n) is 3.90. The molecule has 1 amide bonds. The first kappa shape index (κ1) is 10.6. The van der Waals surface area contributed by atoms with Crippen molar-refractivity contribution in [1.82, 2.24) is 4.90 Å². The van der Waals surface area contributed by atoms with E-state index in [0.29, 0.717) is 11.9 Å². The van der Waals surface area contributed by atoms with Crippen LogP contribution in [0.3, 0.4) is 0 Å². The number of unbranched alkanes of at least 4 members (excludes halogenated alkanes) is 3. The number of hydrogen-bond donors (Lipinski definition) is 0. The predicted octanol–water partition coefficient (Wildman–Crippen LogP) is 2.58. The fraction of sp³-hybridized carbons (Fsp3) is 0.909. The lowest BCUT2D eigenvalue weighted by Crippen LogP contribution is -2.04. The van der Waals surface area contributed by atoms with Crippen LogP contribution >= 0.6 is 0 Å². The van der Waals surface area contributed by atoms with Gasteiger partial charge in [-0.1, -0.05) is 39.5 Å². The Hall–Kier alpha value is -0.530. The highest BCUT2D eigenvalue weighted by molar-refractivity contribution is 5.96. The molecule has 0 bridgehead atoms. The minimum Gasteiger partial charge on any atom is -0.329 e. The van der Waals surface area contributed by atoms with Gasteiger partial charge in [0.25, 0.3) is 0 Å². The van der Waals surface area contributed by atoms with Gasteiger partial charge in [0.1, 0.15) is 6.04 Å². The van der Waals surface area contributed by atoms with Crippen LogP contribution in [0.5, 0.6) is 0 Å². The first-order valence-electron chi connectivity index (χ1n) is 5.61. The van der Waals surface area contributed by atoms with Gasteiger partial charge in [-0.15, -0.1) is 0 Å². The highest BCUT2D eigenvalue weighted by Gasteiger charge is 2.43. The quantitative estimate of drug-likeness (QED) is 0.439. The number of nitrogens with zero attached hydrogens (tertiary/aromatic N) is 1. The largest absolute Gasteiger partial charge is 0.329 e. The molecule has 2 nitrogen and oxygen atoms in total. The molecule has 1 unspecified atom stereocenters. The van der Waals surface area contributed by atoms with E-state index in [4.69, 9.17) is 0 Å². The number of rotatable bonds is 7. The fourth-order valence-corrected chi connectivity index (χ4v) is 1.73. The molecule has 1 atom stereocenters. The summed E-state index contributed by atoms with van der Waals surface area (Å²) < 4.78 is 0. The normalized spacial score (nSPS) is 20.9. The molecular weight excluding hydrogens is 162 g/mol. The molecule has 0 aromatic heterocycles. The van der Waals surface area contributed by atoms with Gasteiger partial charge in [0, 0.05) is 6.54 Å². The standard InChI is InChI=1S/C11H21NO/c1-3-5-7-9-12-10(11(12)13)8-6-4-2/h10H,3-9H2,1-2H3. The summed E-state index contributed by atoms with van der Waals surface area (Å²) in [6.07, 6.45) is 7.16. The highest BCUT2D eigenvalue weighted by atomic mass is 16.2. The molecule has 0 N–H and O–H groups in total. The molecule has 0 aromatic rings. The Morgan fingerprint density at radius 2 is 1.85 bits per heavy atom. The SMILES string of the molecule is CCCCCN1C(=O)C1CCCC. The average molecular weight is 183 g/mol. The number of carbonyl (C=O) groups excluding carboxylic acids is 1. The molecule has 1 aliphatic rings. The van der Waals surface area contributed by atoms with E-state index in [1.54, 1.807) is 0 Å². The van der Waals surface area contributed by atoms with E-state index in [2.05, 4.69) is 13.8 Å². The zero-order chi connectivity index (χ0) is 9.68. The lowest BCUT2D eigenvalue weighted by molar-refractivity contribution is -0.113. The molecule has 0 aliphatic carbocycles. The van der Waals surface area contributed by atoms with Crippen molar-refractivity contribution in [3.05, 3.63) is 0 Å². The van der Waals surface area contributed by atoms with E-state index in [1.165, 1.54) is 32.1 Å². The van der Waals surface area contributed by atoms with Crippen LogP contribution in [0.25, 0.3) is 0 Å². The van der Waals surface area contributed by atoms with Crippen molar-refractivity contribution in [2.75, 3.05) is 6.54 Å². The summed E-state index contributed by atoms with van der Waals surface area (Å²) in [5.41, 5.74) is 0. The second-order valence-corrected chi connectivity index (χ2v) is 3.90. The maximum Gasteiger partial charge on any atom is 0.246 e. The van der Waals surface area contributed by atoms with Gasteiger partial charge in [-0.25, -0.2) is 0 Å². The molecular formula is C11H21NO. The first-order chi connectivity index (χ1) is 6.31. The van der Waals surface area contributed by atoms with Crippen molar-refractivity contribution in [2.24, 2.45) is 0 Å². The van der Waals surface area contributed by atoms with E-state index >= 15 is 0 Å². The molecule has 1 saturated heterocycles. The maximum atomic E-state index is 11.2. The molecule has 1 fully saturated rings. The van der Waals surface area contributed by atoms with Crippen LogP contribution in [0, 0.1) is 0 Å². The Kier molecular flexibility index (Phi) is 4.26. The molecule has 0 saturated carbocycles. The Balaban J connectivity index is 2.05. The van der Waals surface area contributed by atoms with Crippen molar-refractivity contribution in [3.8, 4) is 0 Å². The van der Waals surface area contributed by atoms with Crippen LogP contribution in [0.4, 0.5) is 0 Å². The van der Waals surface area contributed by atoms with Gasteiger partial charge in [0.15, 0.2) is 0 Å². The van der Waals surface area contributed by atoms with Gasteiger partial charge in [0.2, 0.25) is 5.91 Å². The van der Waals surface area contributed by atoms with Crippen molar-refractivity contribution in [2.45, 2.75) is 58.4 Å². The van der Waals surface area contributed by atoms with Crippen LogP contribution < -0.4 is 0 Å². The zero-order valence-corrected chi connectivity index (χ0v) is 8.88. The van der Waals surface area contributed by atoms with Crippen molar-refractivity contribution in [3.63, 3.8) is 0 Å². The molecule has 13 heavy (non-hydrogen) atoms. The summed E-state index contributed by atoms with van der Waals surface area (Å²) in [5, 5.41) is 0. The molecule has 2 heteroatoms. The predicted molar refractivity (Wildman–Crippen MR) is 54.6 cm³/mol. The van der Waals surface area contributed by atoms with E-state index in [9.17, 15) is 4.79 Å². The molecule has 76 valence electrons. The second kappa shape index (κ2) is 5.25. The highest BCUT2D eigenvalue weighted by Crippen LogP contribution is 2.25. The molecule has 1 rings (SSSR count). The van der Waals surface area contributed by atoms with Gasteiger partial charge >= 0.3 is 0 Å². The van der Waals surface area contributed by atoms with Crippen LogP contribution in [-0.4, -0.2) is 23.4 Å². The summed E-state index contributed by atoms with van der Waals surface area (Å²) in [7, 11) is 0. The van der Waals surface area contributed by atoms with Crippen LogP contribution in [0.1, 0.15) is 52.4 Å². The lowest BCUT2D eigenvalue weighted by atomic mass is 10.2. The zero-order valence-electron chi connectivity index (χ0n) is 8.88. The lowest BCUT2D eigenvalue weighted by Gasteiger charge is -2.00. The number of hydrogen-bond acceptors (Lipinski definition) is 1. The fourth-order valence-electron chi connectivity index (χ4n) is 1.73. The Labute approximate surface area is 81.3 Å². The van der Waals surface area contributed by atoms with Crippen LogP contribution in [0.2, 0.25) is 0 Å². The third-order valence-corrected chi connectivity index (χ3v) is 2.71. The molecule has 0 aromatic carbocycles. The van der Waals surface area contributed by atoms with E-state index < -0.39 is 0 Å². The molecule has 0 radical (unpaired) electrons. The van der Waals surface area contributed by atoms with E-state index in [1.807, 2.05) is 4.90 Å². The molecule has 1 aliphatic heterocycles. The maximum absolute atomic E-state index is 11.2. The summed E-state index contributed by atoms with van der Waals surface area (Å²) in [5.74, 6) is 0.393. The van der Waals surface area contributed by atoms with Gasteiger partial charge in [-0.05, 0) is 12.8 Å². The number of carbonyl (C=O) groups is 1. The molecule has 1 heterocycles. The van der Waals surface area contributed by atoms with Crippen LogP contribution in [0.15, 0.2) is 0 Å². The minimum atomic E-state index is 0.303. The summed E-state index contributed by atoms with van der Waals surface area (Å²) in [6, 6.07) is 0.303. The molecule has 0 spiro atoms. The van der Waals surface area contributed by atoms with Crippen molar-refractivity contribution in [1.29, 1.82) is 0 Å². The van der Waals surface area contributed by atoms with Gasteiger partial charge in [-0.2, -0.15) is 0 Å². The van der Waals surface area contributed by atoms with E-state index in [0.717, 1.165) is 13.0 Å². The topological polar surface area (TPSA) is 20.1 Å². The Bertz CT molecular complexity index is 167.